The first-order valence-electron chi connectivity index (χ1n) is 6.69. The van der Waals surface area contributed by atoms with Gasteiger partial charge in [0.1, 0.15) is 0 Å². The van der Waals surface area contributed by atoms with Crippen molar-refractivity contribution in [1.29, 1.82) is 0 Å². The zero-order valence-corrected chi connectivity index (χ0v) is 11.9. The minimum Gasteiger partial charge on any atom is -0.481 e. The van der Waals surface area contributed by atoms with Gasteiger partial charge in [0, 0.05) is 18.6 Å². The number of morpholine rings is 1. The van der Waals surface area contributed by atoms with E-state index in [0.29, 0.717) is 26.2 Å². The average molecular weight is 272 g/mol. The molecule has 0 aromatic carbocycles. The van der Waals surface area contributed by atoms with Crippen molar-refractivity contribution in [2.24, 2.45) is 0 Å². The number of ether oxygens (including phenoxy) is 1. The van der Waals surface area contributed by atoms with Crippen LogP contribution in [0.5, 0.6) is 0 Å². The summed E-state index contributed by atoms with van der Waals surface area (Å²) in [5.74, 6) is -0.897. The SMILES string of the molecule is CCC(C)(C)NC(=O)CN1CCOC(CC(=O)O)C1. The molecule has 0 spiro atoms. The summed E-state index contributed by atoms with van der Waals surface area (Å²) in [4.78, 5) is 24.5. The average Bonchev–Trinajstić information content (AvgIpc) is 2.27. The summed E-state index contributed by atoms with van der Waals surface area (Å²) in [5.41, 5.74) is -0.205. The van der Waals surface area contributed by atoms with Gasteiger partial charge in [-0.15, -0.1) is 0 Å². The van der Waals surface area contributed by atoms with E-state index in [1.807, 2.05) is 25.7 Å². The molecular weight excluding hydrogens is 248 g/mol. The first kappa shape index (κ1) is 15.9. The van der Waals surface area contributed by atoms with Crippen molar-refractivity contribution >= 4 is 11.9 Å². The molecule has 1 rings (SSSR count). The summed E-state index contributed by atoms with van der Waals surface area (Å²) in [7, 11) is 0. The molecular formula is C13H24N2O4. The maximum atomic E-state index is 11.9. The number of hydrogen-bond acceptors (Lipinski definition) is 4. The fourth-order valence-electron chi connectivity index (χ4n) is 1.95. The van der Waals surface area contributed by atoms with Gasteiger partial charge in [-0.25, -0.2) is 0 Å². The predicted molar refractivity (Wildman–Crippen MR) is 70.9 cm³/mol. The van der Waals surface area contributed by atoms with Gasteiger partial charge in [0.05, 0.1) is 25.7 Å². The zero-order valence-electron chi connectivity index (χ0n) is 11.9. The molecule has 0 aliphatic carbocycles. The second-order valence-corrected chi connectivity index (χ2v) is 5.61. The number of nitrogens with one attached hydrogen (secondary N) is 1. The van der Waals surface area contributed by atoms with Gasteiger partial charge in [-0.1, -0.05) is 6.92 Å². The zero-order chi connectivity index (χ0) is 14.5. The van der Waals surface area contributed by atoms with Crippen molar-refractivity contribution in [1.82, 2.24) is 10.2 Å². The van der Waals surface area contributed by atoms with Crippen molar-refractivity contribution in [3.63, 3.8) is 0 Å². The lowest BCUT2D eigenvalue weighted by atomic mass is 10.0. The largest absolute Gasteiger partial charge is 0.481 e. The first-order valence-corrected chi connectivity index (χ1v) is 6.69. The highest BCUT2D eigenvalue weighted by molar-refractivity contribution is 5.78. The maximum absolute atomic E-state index is 11.9. The van der Waals surface area contributed by atoms with Crippen LogP contribution in [0, 0.1) is 0 Å². The van der Waals surface area contributed by atoms with E-state index in [2.05, 4.69) is 5.32 Å². The number of carbonyl (C=O) groups is 2. The first-order chi connectivity index (χ1) is 8.82. The Kier molecular flexibility index (Phi) is 5.75. The van der Waals surface area contributed by atoms with Crippen LogP contribution in [0.15, 0.2) is 0 Å². The fourth-order valence-corrected chi connectivity index (χ4v) is 1.95. The molecule has 19 heavy (non-hydrogen) atoms. The van der Waals surface area contributed by atoms with E-state index in [9.17, 15) is 9.59 Å². The second-order valence-electron chi connectivity index (χ2n) is 5.61. The Morgan fingerprint density at radius 1 is 1.47 bits per heavy atom. The highest BCUT2D eigenvalue weighted by Gasteiger charge is 2.25. The van der Waals surface area contributed by atoms with Gasteiger partial charge in [-0.2, -0.15) is 0 Å². The van der Waals surface area contributed by atoms with Gasteiger partial charge in [0.15, 0.2) is 0 Å². The number of amides is 1. The Morgan fingerprint density at radius 2 is 2.16 bits per heavy atom. The smallest absolute Gasteiger partial charge is 0.306 e. The standard InChI is InChI=1S/C13H24N2O4/c1-4-13(2,3)14-11(16)9-15-5-6-19-10(8-15)7-12(17)18/h10H,4-9H2,1-3H3,(H,14,16)(H,17,18). The molecule has 0 saturated carbocycles. The Balaban J connectivity index is 2.39. The van der Waals surface area contributed by atoms with Gasteiger partial charge in [-0.3, -0.25) is 14.5 Å². The van der Waals surface area contributed by atoms with Crippen molar-refractivity contribution in [3.05, 3.63) is 0 Å². The normalized spacial score (nSPS) is 21.1. The van der Waals surface area contributed by atoms with Gasteiger partial charge in [0.2, 0.25) is 5.91 Å². The summed E-state index contributed by atoms with van der Waals surface area (Å²) < 4.78 is 5.37. The maximum Gasteiger partial charge on any atom is 0.306 e. The van der Waals surface area contributed by atoms with Gasteiger partial charge < -0.3 is 15.2 Å². The molecule has 6 nitrogen and oxygen atoms in total. The lowest BCUT2D eigenvalue weighted by Crippen LogP contribution is -2.51. The van der Waals surface area contributed by atoms with Crippen molar-refractivity contribution in [2.45, 2.75) is 45.3 Å². The lowest BCUT2D eigenvalue weighted by molar-refractivity contribution is -0.142. The molecule has 0 aromatic rings. The molecule has 2 N–H and O–H groups in total. The number of carboxylic acid groups (broad SMARTS) is 1. The van der Waals surface area contributed by atoms with E-state index in [4.69, 9.17) is 9.84 Å². The quantitative estimate of drug-likeness (QED) is 0.734. The highest BCUT2D eigenvalue weighted by Crippen LogP contribution is 2.10. The molecule has 1 aliphatic rings. The molecule has 110 valence electrons. The number of rotatable bonds is 6. The Labute approximate surface area is 114 Å². The molecule has 1 fully saturated rings. The molecule has 1 atom stereocenters. The van der Waals surface area contributed by atoms with Crippen LogP contribution in [-0.4, -0.2) is 59.8 Å². The molecule has 1 heterocycles. The van der Waals surface area contributed by atoms with Gasteiger partial charge in [-0.05, 0) is 20.3 Å². The second kappa shape index (κ2) is 6.86. The Morgan fingerprint density at radius 3 is 2.74 bits per heavy atom. The van der Waals surface area contributed by atoms with Crippen LogP contribution in [0.4, 0.5) is 0 Å². The number of aliphatic carboxylic acids is 1. The molecule has 0 radical (unpaired) electrons. The Hall–Kier alpha value is -1.14. The third-order valence-electron chi connectivity index (χ3n) is 3.35. The Bertz CT molecular complexity index is 331. The monoisotopic (exact) mass is 272 g/mol. The van der Waals surface area contributed by atoms with E-state index in [-0.39, 0.29) is 24.0 Å². The van der Waals surface area contributed by atoms with E-state index in [1.54, 1.807) is 0 Å². The summed E-state index contributed by atoms with van der Waals surface area (Å²) in [6, 6.07) is 0. The van der Waals surface area contributed by atoms with E-state index in [1.165, 1.54) is 0 Å². The van der Waals surface area contributed by atoms with Crippen LogP contribution < -0.4 is 5.32 Å². The van der Waals surface area contributed by atoms with Crippen molar-refractivity contribution in [2.75, 3.05) is 26.2 Å². The third-order valence-corrected chi connectivity index (χ3v) is 3.35. The predicted octanol–water partition coefficient (Wildman–Crippen LogP) is 0.467. The van der Waals surface area contributed by atoms with Crippen LogP contribution in [0.25, 0.3) is 0 Å². The van der Waals surface area contributed by atoms with Gasteiger partial charge in [0.25, 0.3) is 0 Å². The molecule has 1 saturated heterocycles. The van der Waals surface area contributed by atoms with E-state index in [0.717, 1.165) is 6.42 Å². The third kappa shape index (κ3) is 6.02. The summed E-state index contributed by atoms with van der Waals surface area (Å²) in [6.45, 7) is 7.92. The van der Waals surface area contributed by atoms with Crippen LogP contribution in [0.1, 0.15) is 33.6 Å². The van der Waals surface area contributed by atoms with Crippen molar-refractivity contribution < 1.29 is 19.4 Å². The number of nitrogens with zero attached hydrogens (tertiary/aromatic N) is 1. The number of carbonyl (C=O) groups excluding carboxylic acids is 1. The topological polar surface area (TPSA) is 78.9 Å². The summed E-state index contributed by atoms with van der Waals surface area (Å²) in [6.07, 6.45) is 0.528. The summed E-state index contributed by atoms with van der Waals surface area (Å²) in [5, 5.41) is 11.7. The van der Waals surface area contributed by atoms with Crippen LogP contribution in [0.3, 0.4) is 0 Å². The number of carboxylic acids is 1. The van der Waals surface area contributed by atoms with Gasteiger partial charge >= 0.3 is 5.97 Å². The number of hydrogen-bond donors (Lipinski definition) is 2. The minimum atomic E-state index is -0.872. The van der Waals surface area contributed by atoms with Crippen LogP contribution in [-0.2, 0) is 14.3 Å². The molecule has 0 aromatic heterocycles. The van der Waals surface area contributed by atoms with E-state index >= 15 is 0 Å². The highest BCUT2D eigenvalue weighted by atomic mass is 16.5. The fraction of sp³-hybridized carbons (Fsp3) is 0.846. The molecule has 1 aliphatic heterocycles. The minimum absolute atomic E-state index is 0.0153. The molecule has 1 unspecified atom stereocenters. The van der Waals surface area contributed by atoms with Crippen molar-refractivity contribution in [3.8, 4) is 0 Å². The van der Waals surface area contributed by atoms with Crippen LogP contribution in [0.2, 0.25) is 0 Å². The van der Waals surface area contributed by atoms with Crippen LogP contribution >= 0.6 is 0 Å². The van der Waals surface area contributed by atoms with E-state index < -0.39 is 5.97 Å². The molecule has 1 amide bonds. The molecule has 6 heteroatoms. The molecule has 0 bridgehead atoms. The lowest BCUT2D eigenvalue weighted by Gasteiger charge is -2.33. The summed E-state index contributed by atoms with van der Waals surface area (Å²) >= 11 is 0.